The maximum atomic E-state index is 9.09. The highest BCUT2D eigenvalue weighted by Gasteiger charge is 2.58. The number of aliphatic hydroxyl groups is 1. The maximum Gasteiger partial charge on any atom is 0.0995 e. The molecular formula is C10H18O2. The van der Waals surface area contributed by atoms with E-state index in [1.165, 1.54) is 32.1 Å². The minimum Gasteiger partial charge on any atom is -0.396 e. The molecule has 2 fully saturated rings. The van der Waals surface area contributed by atoms with Crippen LogP contribution in [0.1, 0.15) is 39.0 Å². The monoisotopic (exact) mass is 170 g/mol. The second-order valence-corrected chi connectivity index (χ2v) is 4.24. The van der Waals surface area contributed by atoms with Crippen molar-refractivity contribution in [1.82, 2.24) is 0 Å². The Hall–Kier alpha value is -0.0800. The molecule has 0 spiro atoms. The Morgan fingerprint density at radius 3 is 3.08 bits per heavy atom. The molecule has 2 nitrogen and oxygen atoms in total. The number of epoxide rings is 1. The van der Waals surface area contributed by atoms with E-state index in [9.17, 15) is 0 Å². The van der Waals surface area contributed by atoms with Gasteiger partial charge in [0, 0.05) is 12.5 Å². The molecule has 0 aromatic carbocycles. The van der Waals surface area contributed by atoms with Gasteiger partial charge < -0.3 is 9.84 Å². The van der Waals surface area contributed by atoms with Gasteiger partial charge in [0.2, 0.25) is 0 Å². The standard InChI is InChI=1S/C10H18O2/c1-8(7-11)10-6-4-2-3-5-9(10)12-10/h8-9,11H,2-7H2,1H3. The smallest absolute Gasteiger partial charge is 0.0995 e. The number of hydrogen-bond acceptors (Lipinski definition) is 2. The van der Waals surface area contributed by atoms with Gasteiger partial charge >= 0.3 is 0 Å². The number of aliphatic hydroxyl groups excluding tert-OH is 1. The van der Waals surface area contributed by atoms with E-state index in [1.54, 1.807) is 0 Å². The Morgan fingerprint density at radius 2 is 2.33 bits per heavy atom. The molecule has 2 heteroatoms. The van der Waals surface area contributed by atoms with E-state index in [0.717, 1.165) is 0 Å². The van der Waals surface area contributed by atoms with Crippen molar-refractivity contribution in [2.45, 2.75) is 50.7 Å². The van der Waals surface area contributed by atoms with Crippen LogP contribution in [-0.4, -0.2) is 23.4 Å². The van der Waals surface area contributed by atoms with Crippen molar-refractivity contribution in [1.29, 1.82) is 0 Å². The molecule has 0 aromatic rings. The van der Waals surface area contributed by atoms with Gasteiger partial charge in [-0.2, -0.15) is 0 Å². The van der Waals surface area contributed by atoms with E-state index in [-0.39, 0.29) is 12.2 Å². The lowest BCUT2D eigenvalue weighted by Gasteiger charge is -2.17. The first-order valence-electron chi connectivity index (χ1n) is 5.08. The van der Waals surface area contributed by atoms with Crippen LogP contribution in [0.3, 0.4) is 0 Å². The molecule has 0 aromatic heterocycles. The van der Waals surface area contributed by atoms with Gasteiger partial charge in [0.05, 0.1) is 11.7 Å². The fraction of sp³-hybridized carbons (Fsp3) is 1.00. The first kappa shape index (κ1) is 8.52. The first-order chi connectivity index (χ1) is 5.79. The molecule has 0 bridgehead atoms. The molecule has 2 aliphatic rings. The lowest BCUT2D eigenvalue weighted by Crippen LogP contribution is -2.26. The van der Waals surface area contributed by atoms with Gasteiger partial charge in [0.15, 0.2) is 0 Å². The quantitative estimate of drug-likeness (QED) is 0.640. The van der Waals surface area contributed by atoms with Gasteiger partial charge in [-0.1, -0.05) is 26.2 Å². The lowest BCUT2D eigenvalue weighted by atomic mass is 9.87. The van der Waals surface area contributed by atoms with Crippen LogP contribution < -0.4 is 0 Å². The van der Waals surface area contributed by atoms with Crippen molar-refractivity contribution in [3.05, 3.63) is 0 Å². The van der Waals surface area contributed by atoms with E-state index in [0.29, 0.717) is 12.0 Å². The van der Waals surface area contributed by atoms with Gasteiger partial charge in [-0.05, 0) is 12.8 Å². The topological polar surface area (TPSA) is 32.8 Å². The third kappa shape index (κ3) is 1.17. The Labute approximate surface area is 73.9 Å². The van der Waals surface area contributed by atoms with Gasteiger partial charge in [-0.3, -0.25) is 0 Å². The molecule has 0 amide bonds. The number of fused-ring (bicyclic) bond motifs is 1. The van der Waals surface area contributed by atoms with Crippen molar-refractivity contribution in [2.75, 3.05) is 6.61 Å². The van der Waals surface area contributed by atoms with Crippen molar-refractivity contribution in [3.63, 3.8) is 0 Å². The summed E-state index contributed by atoms with van der Waals surface area (Å²) < 4.78 is 5.74. The molecular weight excluding hydrogens is 152 g/mol. The Balaban J connectivity index is 2.01. The molecule has 70 valence electrons. The van der Waals surface area contributed by atoms with E-state index in [1.807, 2.05) is 0 Å². The third-order valence-electron chi connectivity index (χ3n) is 3.49. The van der Waals surface area contributed by atoms with E-state index in [2.05, 4.69) is 6.92 Å². The molecule has 3 unspecified atom stereocenters. The molecule has 1 aliphatic heterocycles. The molecule has 1 saturated heterocycles. The highest BCUT2D eigenvalue weighted by atomic mass is 16.6. The van der Waals surface area contributed by atoms with Crippen LogP contribution in [-0.2, 0) is 4.74 Å². The summed E-state index contributed by atoms with van der Waals surface area (Å²) >= 11 is 0. The fourth-order valence-electron chi connectivity index (χ4n) is 2.50. The second-order valence-electron chi connectivity index (χ2n) is 4.24. The largest absolute Gasteiger partial charge is 0.396 e. The summed E-state index contributed by atoms with van der Waals surface area (Å²) in [5.41, 5.74) is 0.0885. The summed E-state index contributed by atoms with van der Waals surface area (Å²) in [6.07, 6.45) is 6.79. The highest BCUT2D eigenvalue weighted by molar-refractivity contribution is 5.06. The predicted molar refractivity (Wildman–Crippen MR) is 46.9 cm³/mol. The van der Waals surface area contributed by atoms with E-state index < -0.39 is 0 Å². The molecule has 2 rings (SSSR count). The number of ether oxygens (including phenoxy) is 1. The summed E-state index contributed by atoms with van der Waals surface area (Å²) in [4.78, 5) is 0. The minimum absolute atomic E-state index is 0.0885. The Bertz CT molecular complexity index is 169. The average Bonchev–Trinajstić information content (AvgIpc) is 2.76. The van der Waals surface area contributed by atoms with Crippen LogP contribution in [0.5, 0.6) is 0 Å². The summed E-state index contributed by atoms with van der Waals surface area (Å²) in [6.45, 7) is 2.38. The number of hydrogen-bond donors (Lipinski definition) is 1. The van der Waals surface area contributed by atoms with Crippen molar-refractivity contribution in [2.24, 2.45) is 5.92 Å². The summed E-state index contributed by atoms with van der Waals surface area (Å²) in [5, 5.41) is 9.09. The Kier molecular flexibility index (Phi) is 2.13. The van der Waals surface area contributed by atoms with Gasteiger partial charge in [0.1, 0.15) is 0 Å². The minimum atomic E-state index is 0.0885. The van der Waals surface area contributed by atoms with Crippen molar-refractivity contribution >= 4 is 0 Å². The predicted octanol–water partition coefficient (Wildman–Crippen LogP) is 1.72. The SMILES string of the molecule is CC(CO)C12CCCCCC1O2. The van der Waals surface area contributed by atoms with Crippen LogP contribution in [0, 0.1) is 5.92 Å². The zero-order valence-corrected chi connectivity index (χ0v) is 7.75. The lowest BCUT2D eigenvalue weighted by molar-refractivity contribution is 0.137. The molecule has 0 radical (unpaired) electrons. The first-order valence-corrected chi connectivity index (χ1v) is 5.08. The zero-order valence-electron chi connectivity index (χ0n) is 7.75. The van der Waals surface area contributed by atoms with E-state index >= 15 is 0 Å². The zero-order chi connectivity index (χ0) is 8.60. The van der Waals surface area contributed by atoms with Crippen molar-refractivity contribution in [3.8, 4) is 0 Å². The fourth-order valence-corrected chi connectivity index (χ4v) is 2.50. The maximum absolute atomic E-state index is 9.09. The summed E-state index contributed by atoms with van der Waals surface area (Å²) in [5.74, 6) is 0.334. The van der Waals surface area contributed by atoms with E-state index in [4.69, 9.17) is 9.84 Å². The van der Waals surface area contributed by atoms with Crippen molar-refractivity contribution < 1.29 is 9.84 Å². The van der Waals surface area contributed by atoms with Gasteiger partial charge in [0.25, 0.3) is 0 Å². The number of rotatable bonds is 2. The second kappa shape index (κ2) is 3.00. The molecule has 12 heavy (non-hydrogen) atoms. The van der Waals surface area contributed by atoms with Gasteiger partial charge in [-0.15, -0.1) is 0 Å². The molecule has 1 aliphatic carbocycles. The van der Waals surface area contributed by atoms with Crippen LogP contribution in [0.15, 0.2) is 0 Å². The van der Waals surface area contributed by atoms with Crippen LogP contribution in [0.25, 0.3) is 0 Å². The third-order valence-corrected chi connectivity index (χ3v) is 3.49. The Morgan fingerprint density at radius 1 is 1.50 bits per heavy atom. The highest BCUT2D eigenvalue weighted by Crippen LogP contribution is 2.51. The van der Waals surface area contributed by atoms with Crippen LogP contribution in [0.2, 0.25) is 0 Å². The normalized spacial score (nSPS) is 43.0. The summed E-state index contributed by atoms with van der Waals surface area (Å²) in [7, 11) is 0. The average molecular weight is 170 g/mol. The summed E-state index contributed by atoms with van der Waals surface area (Å²) in [6, 6.07) is 0. The molecule has 1 heterocycles. The van der Waals surface area contributed by atoms with Gasteiger partial charge in [-0.25, -0.2) is 0 Å². The molecule has 1 N–H and O–H groups in total. The van der Waals surface area contributed by atoms with Crippen LogP contribution in [0.4, 0.5) is 0 Å². The van der Waals surface area contributed by atoms with Crippen LogP contribution >= 0.6 is 0 Å². The molecule has 3 atom stereocenters. The molecule has 1 saturated carbocycles.